The molecule has 27 heavy (non-hydrogen) atoms. The fourth-order valence-corrected chi connectivity index (χ4v) is 3.60. The number of amides is 2. The maximum atomic E-state index is 12.8. The quantitative estimate of drug-likeness (QED) is 0.339. The Morgan fingerprint density at radius 2 is 1.81 bits per heavy atom. The van der Waals surface area contributed by atoms with E-state index in [9.17, 15) is 9.59 Å². The molecule has 1 aromatic rings. The zero-order chi connectivity index (χ0) is 19.6. The van der Waals surface area contributed by atoms with Crippen LogP contribution in [0.3, 0.4) is 0 Å². The van der Waals surface area contributed by atoms with Crippen LogP contribution in [0.5, 0.6) is 0 Å². The first kappa shape index (κ1) is 20.9. The monoisotopic (exact) mass is 373 g/mol. The van der Waals surface area contributed by atoms with Crippen LogP contribution in [0.2, 0.25) is 0 Å². The van der Waals surface area contributed by atoms with Crippen molar-refractivity contribution in [3.05, 3.63) is 35.4 Å². The van der Waals surface area contributed by atoms with Crippen molar-refractivity contribution in [1.29, 1.82) is 5.41 Å². The van der Waals surface area contributed by atoms with E-state index >= 15 is 0 Å². The van der Waals surface area contributed by atoms with E-state index in [0.29, 0.717) is 18.5 Å². The molecule has 0 aromatic heterocycles. The number of carbonyl (C=O) groups excluding carboxylic acids is 1. The Bertz CT molecular complexity index is 643. The Morgan fingerprint density at radius 3 is 2.48 bits per heavy atom. The van der Waals surface area contributed by atoms with Crippen LogP contribution in [-0.4, -0.2) is 40.4 Å². The lowest BCUT2D eigenvalue weighted by Crippen LogP contribution is -2.46. The van der Waals surface area contributed by atoms with Crippen LogP contribution >= 0.6 is 0 Å². The highest BCUT2D eigenvalue weighted by Crippen LogP contribution is 2.21. The first-order valence-electron chi connectivity index (χ1n) is 10.0. The minimum atomic E-state index is -1.27. The van der Waals surface area contributed by atoms with Crippen LogP contribution < -0.4 is 5.32 Å². The zero-order valence-electron chi connectivity index (χ0n) is 16.2. The third-order valence-electron chi connectivity index (χ3n) is 5.11. The molecule has 1 saturated heterocycles. The van der Waals surface area contributed by atoms with Crippen molar-refractivity contribution in [2.45, 2.75) is 70.8 Å². The Labute approximate surface area is 161 Å². The summed E-state index contributed by atoms with van der Waals surface area (Å²) in [6, 6.07) is 7.21. The third-order valence-corrected chi connectivity index (χ3v) is 5.11. The minimum absolute atomic E-state index is 0.131. The molecule has 2 amide bonds. The molecule has 0 bridgehead atoms. The molecule has 0 spiro atoms. The lowest BCUT2D eigenvalue weighted by molar-refractivity contribution is 0.0767. The second-order valence-electron chi connectivity index (χ2n) is 7.22. The van der Waals surface area contributed by atoms with E-state index in [0.717, 1.165) is 12.8 Å². The highest BCUT2D eigenvalue weighted by molar-refractivity contribution is 6.01. The lowest BCUT2D eigenvalue weighted by atomic mass is 10.0. The highest BCUT2D eigenvalue weighted by atomic mass is 16.4. The maximum Gasteiger partial charge on any atom is 0.410 e. The number of unbranched alkanes of at least 4 members (excludes halogenated alkanes) is 5. The Morgan fingerprint density at radius 1 is 1.15 bits per heavy atom. The second-order valence-corrected chi connectivity index (χ2v) is 7.22. The summed E-state index contributed by atoms with van der Waals surface area (Å²) < 4.78 is 0. The molecular formula is C21H31N3O3. The summed E-state index contributed by atoms with van der Waals surface area (Å²) in [5.74, 6) is -0.270. The van der Waals surface area contributed by atoms with Crippen molar-refractivity contribution >= 4 is 17.8 Å². The highest BCUT2D eigenvalue weighted by Gasteiger charge is 2.33. The van der Waals surface area contributed by atoms with E-state index in [1.54, 1.807) is 4.90 Å². The van der Waals surface area contributed by atoms with Gasteiger partial charge in [0, 0.05) is 12.1 Å². The topological polar surface area (TPSA) is 93.5 Å². The van der Waals surface area contributed by atoms with Crippen molar-refractivity contribution < 1.29 is 14.7 Å². The second kappa shape index (κ2) is 10.7. The Hall–Kier alpha value is -2.37. The average Bonchev–Trinajstić information content (AvgIpc) is 3.14. The molecular weight excluding hydrogens is 342 g/mol. The average molecular weight is 373 g/mol. The number of carbonyl (C=O) groups is 2. The molecule has 1 atom stereocenters. The van der Waals surface area contributed by atoms with Gasteiger partial charge < -0.3 is 10.0 Å². The number of amidine groups is 1. The van der Waals surface area contributed by atoms with Gasteiger partial charge in [-0.1, -0.05) is 51.2 Å². The van der Waals surface area contributed by atoms with Crippen LogP contribution in [-0.2, 0) is 6.42 Å². The normalized spacial score (nSPS) is 16.3. The molecule has 1 unspecified atom stereocenters. The van der Waals surface area contributed by atoms with Crippen LogP contribution in [0.4, 0.5) is 4.79 Å². The summed E-state index contributed by atoms with van der Waals surface area (Å²) in [5, 5.41) is 18.8. The number of benzene rings is 1. The van der Waals surface area contributed by atoms with E-state index in [1.807, 2.05) is 24.3 Å². The number of hydrogen-bond acceptors (Lipinski definition) is 3. The number of aryl methyl sites for hydroxylation is 1. The summed E-state index contributed by atoms with van der Waals surface area (Å²) in [6.07, 6.45) is 8.74. The number of nitrogens with zero attached hydrogens (tertiary/aromatic N) is 1. The first-order chi connectivity index (χ1) is 13.0. The van der Waals surface area contributed by atoms with Gasteiger partial charge in [0.2, 0.25) is 0 Å². The molecule has 6 heteroatoms. The van der Waals surface area contributed by atoms with E-state index in [4.69, 9.17) is 10.5 Å². The third kappa shape index (κ3) is 6.38. The van der Waals surface area contributed by atoms with Crippen LogP contribution in [0.1, 0.15) is 74.2 Å². The van der Waals surface area contributed by atoms with E-state index in [-0.39, 0.29) is 11.7 Å². The summed E-state index contributed by atoms with van der Waals surface area (Å²) in [5.41, 5.74) is 1.83. The van der Waals surface area contributed by atoms with Gasteiger partial charge in [0.1, 0.15) is 5.84 Å². The fraction of sp³-hybridized carbons (Fsp3) is 0.571. The maximum absolute atomic E-state index is 12.8. The van der Waals surface area contributed by atoms with Crippen molar-refractivity contribution in [2.75, 3.05) is 6.54 Å². The SMILES string of the molecule is CCCCCCCCc1ccc(C(=O)N2CCCC2C(=N)NC(=O)O)cc1. The number of rotatable bonds is 9. The van der Waals surface area contributed by atoms with Crippen LogP contribution in [0.25, 0.3) is 0 Å². The van der Waals surface area contributed by atoms with Gasteiger partial charge in [0.05, 0.1) is 6.04 Å². The van der Waals surface area contributed by atoms with Gasteiger partial charge in [0.25, 0.3) is 5.91 Å². The molecule has 1 aromatic carbocycles. The molecule has 148 valence electrons. The zero-order valence-corrected chi connectivity index (χ0v) is 16.2. The smallest absolute Gasteiger partial charge is 0.410 e. The van der Waals surface area contributed by atoms with Crippen molar-refractivity contribution in [3.63, 3.8) is 0 Å². The minimum Gasteiger partial charge on any atom is -0.465 e. The number of likely N-dealkylation sites (tertiary alicyclic amines) is 1. The van der Waals surface area contributed by atoms with Crippen LogP contribution in [0.15, 0.2) is 24.3 Å². The largest absolute Gasteiger partial charge is 0.465 e. The first-order valence-corrected chi connectivity index (χ1v) is 10.0. The molecule has 1 heterocycles. The fourth-order valence-electron chi connectivity index (χ4n) is 3.60. The van der Waals surface area contributed by atoms with Gasteiger partial charge in [0.15, 0.2) is 0 Å². The van der Waals surface area contributed by atoms with Crippen molar-refractivity contribution in [1.82, 2.24) is 10.2 Å². The summed E-state index contributed by atoms with van der Waals surface area (Å²) in [4.78, 5) is 25.1. The number of nitrogens with one attached hydrogen (secondary N) is 2. The summed E-state index contributed by atoms with van der Waals surface area (Å²) in [6.45, 7) is 2.77. The van der Waals surface area contributed by atoms with E-state index in [1.165, 1.54) is 44.1 Å². The van der Waals surface area contributed by atoms with Crippen LogP contribution in [0, 0.1) is 5.41 Å². The van der Waals surface area contributed by atoms with Gasteiger partial charge >= 0.3 is 6.09 Å². The molecule has 1 aliphatic rings. The van der Waals surface area contributed by atoms with E-state index < -0.39 is 12.1 Å². The molecule has 1 aliphatic heterocycles. The molecule has 0 aliphatic carbocycles. The Balaban J connectivity index is 1.87. The van der Waals surface area contributed by atoms with Gasteiger partial charge in [-0.25, -0.2) is 4.79 Å². The summed E-state index contributed by atoms with van der Waals surface area (Å²) >= 11 is 0. The molecule has 6 nitrogen and oxygen atoms in total. The standard InChI is InChI=1S/C21H31N3O3/c1-2-3-4-5-6-7-9-16-11-13-17(14-12-16)20(25)24-15-8-10-18(24)19(22)23-21(26)27/h11-14,18H,2-10,15H2,1H3,(H2,22,23)(H,26,27). The van der Waals surface area contributed by atoms with Gasteiger partial charge in [-0.05, 0) is 43.4 Å². The number of carboxylic acid groups (broad SMARTS) is 1. The van der Waals surface area contributed by atoms with Gasteiger partial charge in [-0.2, -0.15) is 0 Å². The predicted molar refractivity (Wildman–Crippen MR) is 106 cm³/mol. The Kier molecular flexibility index (Phi) is 8.30. The van der Waals surface area contributed by atoms with Gasteiger partial charge in [-0.15, -0.1) is 0 Å². The molecule has 0 radical (unpaired) electrons. The lowest BCUT2D eigenvalue weighted by Gasteiger charge is -2.25. The van der Waals surface area contributed by atoms with Crippen molar-refractivity contribution in [3.8, 4) is 0 Å². The van der Waals surface area contributed by atoms with Gasteiger partial charge in [-0.3, -0.25) is 15.5 Å². The molecule has 0 saturated carbocycles. The van der Waals surface area contributed by atoms with Crippen molar-refractivity contribution in [2.24, 2.45) is 0 Å². The number of hydrogen-bond donors (Lipinski definition) is 3. The van der Waals surface area contributed by atoms with E-state index in [2.05, 4.69) is 12.2 Å². The summed E-state index contributed by atoms with van der Waals surface area (Å²) in [7, 11) is 0. The molecule has 1 fully saturated rings. The molecule has 3 N–H and O–H groups in total. The predicted octanol–water partition coefficient (Wildman–Crippen LogP) is 4.44. The molecule has 2 rings (SSSR count).